The highest BCUT2D eigenvalue weighted by molar-refractivity contribution is 6.31. The summed E-state index contributed by atoms with van der Waals surface area (Å²) in [5, 5.41) is 21.4. The van der Waals surface area contributed by atoms with E-state index in [1.165, 1.54) is 31.4 Å². The Labute approximate surface area is 206 Å². The second kappa shape index (κ2) is 8.59. The predicted octanol–water partition coefficient (Wildman–Crippen LogP) is 6.18. The summed E-state index contributed by atoms with van der Waals surface area (Å²) in [6.45, 7) is 3.00. The zero-order valence-corrected chi connectivity index (χ0v) is 19.9. The van der Waals surface area contributed by atoms with E-state index in [1.807, 2.05) is 4.57 Å². The first kappa shape index (κ1) is 23.2. The van der Waals surface area contributed by atoms with E-state index in [0.717, 1.165) is 23.2 Å². The van der Waals surface area contributed by atoms with Gasteiger partial charge in [0.15, 0.2) is 11.6 Å². The molecule has 0 amide bonds. The zero-order valence-electron chi connectivity index (χ0n) is 19.1. The molecule has 0 spiro atoms. The summed E-state index contributed by atoms with van der Waals surface area (Å²) in [5.41, 5.74) is 3.40. The highest BCUT2D eigenvalue weighted by Crippen LogP contribution is 2.50. The fourth-order valence-corrected chi connectivity index (χ4v) is 5.04. The van der Waals surface area contributed by atoms with Gasteiger partial charge in [-0.05, 0) is 48.4 Å². The van der Waals surface area contributed by atoms with Crippen LogP contribution in [0.2, 0.25) is 5.02 Å². The average molecular weight is 496 g/mol. The third-order valence-electron chi connectivity index (χ3n) is 6.76. The number of phenols is 1. The number of aromatic hydroxyl groups is 1. The highest BCUT2D eigenvalue weighted by atomic mass is 35.5. The second-order valence-electron chi connectivity index (χ2n) is 8.71. The van der Waals surface area contributed by atoms with Crippen LogP contribution in [0.3, 0.4) is 0 Å². The van der Waals surface area contributed by atoms with Crippen LogP contribution < -0.4 is 4.74 Å². The van der Waals surface area contributed by atoms with Crippen LogP contribution in [0.15, 0.2) is 54.6 Å². The van der Waals surface area contributed by atoms with E-state index in [2.05, 4.69) is 6.92 Å². The van der Waals surface area contributed by atoms with Crippen LogP contribution in [-0.2, 0) is 10.2 Å². The van der Waals surface area contributed by atoms with Gasteiger partial charge in [-0.2, -0.15) is 0 Å². The van der Waals surface area contributed by atoms with Gasteiger partial charge in [0, 0.05) is 28.0 Å². The van der Waals surface area contributed by atoms with Crippen LogP contribution in [0.1, 0.15) is 29.4 Å². The molecule has 0 unspecified atom stereocenters. The van der Waals surface area contributed by atoms with Gasteiger partial charge in [-0.1, -0.05) is 30.7 Å². The third kappa shape index (κ3) is 3.63. The van der Waals surface area contributed by atoms with Crippen molar-refractivity contribution in [1.82, 2.24) is 4.57 Å². The quantitative estimate of drug-likeness (QED) is 0.334. The first-order chi connectivity index (χ1) is 16.8. The van der Waals surface area contributed by atoms with Crippen LogP contribution in [-0.4, -0.2) is 41.1 Å². The summed E-state index contributed by atoms with van der Waals surface area (Å²) in [7, 11) is 1.41. The maximum absolute atomic E-state index is 14.3. The van der Waals surface area contributed by atoms with E-state index in [-0.39, 0.29) is 22.5 Å². The molecule has 6 nitrogen and oxygen atoms in total. The van der Waals surface area contributed by atoms with E-state index in [0.29, 0.717) is 34.8 Å². The smallest absolute Gasteiger partial charge is 0.335 e. The summed E-state index contributed by atoms with van der Waals surface area (Å²) in [4.78, 5) is 11.4. The fourth-order valence-electron chi connectivity index (χ4n) is 4.84. The van der Waals surface area contributed by atoms with Crippen LogP contribution in [0, 0.1) is 5.82 Å². The minimum atomic E-state index is -1.02. The number of hydrogen-bond donors (Lipinski definition) is 2. The lowest BCUT2D eigenvalue weighted by atomic mass is 9.76. The number of carboxylic acids is 1. The van der Waals surface area contributed by atoms with Crippen LogP contribution >= 0.6 is 11.6 Å². The van der Waals surface area contributed by atoms with E-state index in [4.69, 9.17) is 21.1 Å². The molecule has 8 heteroatoms. The highest BCUT2D eigenvalue weighted by Gasteiger charge is 2.44. The lowest BCUT2D eigenvalue weighted by Gasteiger charge is -2.42. The summed E-state index contributed by atoms with van der Waals surface area (Å²) in [6.07, 6.45) is 0.746. The van der Waals surface area contributed by atoms with Gasteiger partial charge < -0.3 is 24.3 Å². The van der Waals surface area contributed by atoms with Gasteiger partial charge in [0.2, 0.25) is 0 Å². The maximum atomic E-state index is 14.3. The number of halogens is 2. The van der Waals surface area contributed by atoms with Crippen molar-refractivity contribution in [2.75, 3.05) is 20.3 Å². The molecule has 2 N–H and O–H groups in total. The minimum absolute atomic E-state index is 0.00890. The van der Waals surface area contributed by atoms with Crippen molar-refractivity contribution in [3.63, 3.8) is 0 Å². The SMILES string of the molecule is CCC1(c2c(-c3ccc(C(=O)O)cc3)c3c(O)cc(Cl)cc3n2-c2ccc(F)c(OC)c2)COC1. The molecule has 3 aromatic carbocycles. The Morgan fingerprint density at radius 1 is 1.17 bits per heavy atom. The van der Waals surface area contributed by atoms with Crippen molar-refractivity contribution >= 4 is 28.5 Å². The van der Waals surface area contributed by atoms with E-state index in [1.54, 1.807) is 30.3 Å². The summed E-state index contributed by atoms with van der Waals surface area (Å²) in [5.74, 6) is -1.43. The molecule has 180 valence electrons. The Morgan fingerprint density at radius 2 is 1.89 bits per heavy atom. The number of phenolic OH excluding ortho intramolecular Hbond substituents is 1. The first-order valence-corrected chi connectivity index (χ1v) is 11.5. The molecule has 5 rings (SSSR count). The van der Waals surface area contributed by atoms with Crippen molar-refractivity contribution in [2.45, 2.75) is 18.8 Å². The van der Waals surface area contributed by atoms with E-state index in [9.17, 15) is 19.4 Å². The van der Waals surface area contributed by atoms with Crippen molar-refractivity contribution in [1.29, 1.82) is 0 Å². The molecular weight excluding hydrogens is 473 g/mol. The number of nitrogens with zero attached hydrogens (tertiary/aromatic N) is 1. The molecule has 1 aliphatic heterocycles. The van der Waals surface area contributed by atoms with Crippen LogP contribution in [0.25, 0.3) is 27.7 Å². The minimum Gasteiger partial charge on any atom is -0.507 e. The number of benzene rings is 3. The first-order valence-electron chi connectivity index (χ1n) is 11.1. The Hall–Kier alpha value is -3.55. The molecule has 0 bridgehead atoms. The molecule has 0 radical (unpaired) electrons. The monoisotopic (exact) mass is 495 g/mol. The molecule has 1 saturated heterocycles. The standard InChI is InChI=1S/C27H23ClFNO5/c1-3-27(13-35-14-27)25-23(15-4-6-16(7-5-15)26(32)33)24-20(10-17(28)11-21(24)31)30(25)18-8-9-19(29)22(12-18)34-2/h4-12,31H,3,13-14H2,1-2H3,(H,32,33). The number of ether oxygens (including phenoxy) is 2. The molecule has 0 aliphatic carbocycles. The Balaban J connectivity index is 1.93. The van der Waals surface area contributed by atoms with Gasteiger partial charge in [0.05, 0.1) is 42.2 Å². The normalized spacial score (nSPS) is 14.6. The second-order valence-corrected chi connectivity index (χ2v) is 9.14. The Morgan fingerprint density at radius 3 is 2.46 bits per heavy atom. The molecular formula is C27H23ClFNO5. The molecule has 0 saturated carbocycles. The van der Waals surface area contributed by atoms with Crippen LogP contribution in [0.5, 0.6) is 11.5 Å². The number of aromatic carboxylic acids is 1. The largest absolute Gasteiger partial charge is 0.507 e. The number of methoxy groups -OCH3 is 1. The number of aromatic nitrogens is 1. The number of hydrogen-bond acceptors (Lipinski definition) is 4. The third-order valence-corrected chi connectivity index (χ3v) is 6.98. The zero-order chi connectivity index (χ0) is 24.9. The Kier molecular flexibility index (Phi) is 5.69. The lowest BCUT2D eigenvalue weighted by molar-refractivity contribution is -0.0644. The number of rotatable bonds is 6. The van der Waals surface area contributed by atoms with Crippen LogP contribution in [0.4, 0.5) is 4.39 Å². The van der Waals surface area contributed by atoms with E-state index < -0.39 is 11.8 Å². The van der Waals surface area contributed by atoms with Gasteiger partial charge in [0.1, 0.15) is 5.75 Å². The summed E-state index contributed by atoms with van der Waals surface area (Å²) >= 11 is 6.38. The van der Waals surface area contributed by atoms with Gasteiger partial charge in [-0.3, -0.25) is 0 Å². The Bertz CT molecular complexity index is 1450. The average Bonchev–Trinajstić information content (AvgIpc) is 3.14. The fraction of sp³-hybridized carbons (Fsp3) is 0.222. The number of fused-ring (bicyclic) bond motifs is 1. The van der Waals surface area contributed by atoms with Gasteiger partial charge >= 0.3 is 5.97 Å². The molecule has 0 atom stereocenters. The lowest BCUT2D eigenvalue weighted by Crippen LogP contribution is -2.47. The van der Waals surface area contributed by atoms with Gasteiger partial charge in [0.25, 0.3) is 0 Å². The van der Waals surface area contributed by atoms with Crippen molar-refractivity contribution in [3.05, 3.63) is 76.7 Å². The molecule has 1 aromatic heterocycles. The molecule has 35 heavy (non-hydrogen) atoms. The predicted molar refractivity (Wildman–Crippen MR) is 132 cm³/mol. The number of carboxylic acid groups (broad SMARTS) is 1. The maximum Gasteiger partial charge on any atom is 0.335 e. The van der Waals surface area contributed by atoms with Crippen molar-refractivity contribution < 1.29 is 28.9 Å². The topological polar surface area (TPSA) is 80.9 Å². The van der Waals surface area contributed by atoms with Gasteiger partial charge in [-0.15, -0.1) is 0 Å². The molecule has 1 aliphatic rings. The van der Waals surface area contributed by atoms with Crippen molar-refractivity contribution in [2.24, 2.45) is 0 Å². The molecule has 1 fully saturated rings. The van der Waals surface area contributed by atoms with E-state index >= 15 is 0 Å². The van der Waals surface area contributed by atoms with Crippen molar-refractivity contribution in [3.8, 4) is 28.3 Å². The van der Waals surface area contributed by atoms with Gasteiger partial charge in [-0.25, -0.2) is 9.18 Å². The molecule has 2 heterocycles. The summed E-state index contributed by atoms with van der Waals surface area (Å²) in [6, 6.07) is 14.4. The summed E-state index contributed by atoms with van der Waals surface area (Å²) < 4.78 is 27.2. The molecule has 4 aromatic rings. The number of carbonyl (C=O) groups is 1.